The summed E-state index contributed by atoms with van der Waals surface area (Å²) in [6, 6.07) is 10.4. The Morgan fingerprint density at radius 3 is 2.63 bits per heavy atom. The molecule has 2 aromatic rings. The molecule has 0 aliphatic heterocycles. The molecule has 0 unspecified atom stereocenters. The van der Waals surface area contributed by atoms with E-state index in [1.807, 2.05) is 6.07 Å². The van der Waals surface area contributed by atoms with Crippen molar-refractivity contribution >= 4 is 50.5 Å². The molecule has 2 rings (SSSR count). The normalized spacial score (nSPS) is 10.2. The minimum absolute atomic E-state index is 0.281. The van der Waals surface area contributed by atoms with Gasteiger partial charge in [-0.05, 0) is 46.3 Å². The molecule has 0 radical (unpaired) electrons. The highest BCUT2D eigenvalue weighted by Gasteiger charge is 2.10. The number of nitrogens with one attached hydrogen (secondary N) is 1. The van der Waals surface area contributed by atoms with Crippen molar-refractivity contribution in [3.8, 4) is 0 Å². The lowest BCUT2D eigenvalue weighted by Crippen LogP contribution is -2.14. The third-order valence-electron chi connectivity index (χ3n) is 2.57. The van der Waals surface area contributed by atoms with E-state index in [1.165, 1.54) is 0 Å². The molecule has 0 atom stereocenters. The van der Waals surface area contributed by atoms with E-state index >= 15 is 0 Å². The summed E-state index contributed by atoms with van der Waals surface area (Å²) in [6.07, 6.45) is 0. The van der Waals surface area contributed by atoms with Crippen LogP contribution in [0.3, 0.4) is 0 Å². The molecule has 5 N–H and O–H groups in total. The Kier molecular flexibility index (Phi) is 3.97. The number of nitrogens with two attached hydrogens (primary N) is 2. The number of para-hydroxylation sites is 1. The molecule has 0 spiro atoms. The van der Waals surface area contributed by atoms with E-state index in [0.717, 1.165) is 10.2 Å². The van der Waals surface area contributed by atoms with Gasteiger partial charge in [0.15, 0.2) is 0 Å². The van der Waals surface area contributed by atoms with Crippen molar-refractivity contribution in [3.05, 3.63) is 51.5 Å². The molecule has 0 aromatic heterocycles. The van der Waals surface area contributed by atoms with Gasteiger partial charge in [0, 0.05) is 9.50 Å². The second-order valence-electron chi connectivity index (χ2n) is 3.88. The number of carbonyl (C=O) groups is 1. The van der Waals surface area contributed by atoms with E-state index in [0.29, 0.717) is 16.4 Å². The Bertz CT molecular complexity index is 646. The van der Waals surface area contributed by atoms with Gasteiger partial charge in [0.2, 0.25) is 0 Å². The minimum atomic E-state index is -0.564. The van der Waals surface area contributed by atoms with Crippen molar-refractivity contribution in [2.45, 2.75) is 0 Å². The predicted molar refractivity (Wildman–Crippen MR) is 81.8 cm³/mol. The number of nitrogen functional groups attached to an aromatic ring is 1. The van der Waals surface area contributed by atoms with Crippen LogP contribution in [0, 0.1) is 0 Å². The Morgan fingerprint density at radius 1 is 1.21 bits per heavy atom. The fourth-order valence-electron chi connectivity index (χ4n) is 1.63. The van der Waals surface area contributed by atoms with E-state index in [9.17, 15) is 4.79 Å². The first-order valence-corrected chi connectivity index (χ1v) is 6.56. The highest BCUT2D eigenvalue weighted by atomic mass is 79.9. The zero-order chi connectivity index (χ0) is 14.0. The maximum absolute atomic E-state index is 11.2. The van der Waals surface area contributed by atoms with Crippen LogP contribution in [0.1, 0.15) is 10.4 Å². The summed E-state index contributed by atoms with van der Waals surface area (Å²) in [7, 11) is 0. The maximum atomic E-state index is 11.2. The number of halogens is 2. The van der Waals surface area contributed by atoms with Crippen LogP contribution in [-0.2, 0) is 0 Å². The van der Waals surface area contributed by atoms with Crippen LogP contribution in [0.15, 0.2) is 40.9 Å². The monoisotopic (exact) mass is 339 g/mol. The number of amides is 1. The summed E-state index contributed by atoms with van der Waals surface area (Å²) in [5.41, 5.74) is 13.1. The van der Waals surface area contributed by atoms with Crippen molar-refractivity contribution < 1.29 is 4.79 Å². The van der Waals surface area contributed by atoms with Crippen molar-refractivity contribution in [1.82, 2.24) is 0 Å². The Labute approximate surface area is 123 Å². The van der Waals surface area contributed by atoms with Crippen LogP contribution in [0.5, 0.6) is 0 Å². The highest BCUT2D eigenvalue weighted by Crippen LogP contribution is 2.32. The summed E-state index contributed by atoms with van der Waals surface area (Å²) in [6.45, 7) is 0. The molecule has 0 fully saturated rings. The van der Waals surface area contributed by atoms with Crippen molar-refractivity contribution in [2.75, 3.05) is 11.1 Å². The second kappa shape index (κ2) is 5.50. The molecule has 2 aromatic carbocycles. The lowest BCUT2D eigenvalue weighted by atomic mass is 10.1. The van der Waals surface area contributed by atoms with Gasteiger partial charge in [-0.3, -0.25) is 4.79 Å². The molecule has 0 aliphatic carbocycles. The van der Waals surface area contributed by atoms with Gasteiger partial charge in [-0.15, -0.1) is 0 Å². The average molecular weight is 341 g/mol. The third kappa shape index (κ3) is 3.00. The Hall–Kier alpha value is -1.72. The van der Waals surface area contributed by atoms with Gasteiger partial charge in [0.25, 0.3) is 5.91 Å². The van der Waals surface area contributed by atoms with E-state index in [-0.39, 0.29) is 5.56 Å². The molecule has 19 heavy (non-hydrogen) atoms. The largest absolute Gasteiger partial charge is 0.396 e. The summed E-state index contributed by atoms with van der Waals surface area (Å²) < 4.78 is 0.834. The van der Waals surface area contributed by atoms with E-state index < -0.39 is 5.91 Å². The van der Waals surface area contributed by atoms with Gasteiger partial charge >= 0.3 is 0 Å². The molecule has 4 nitrogen and oxygen atoms in total. The fourth-order valence-corrected chi connectivity index (χ4v) is 2.15. The third-order valence-corrected chi connectivity index (χ3v) is 3.50. The predicted octanol–water partition coefficient (Wildman–Crippen LogP) is 3.53. The van der Waals surface area contributed by atoms with Gasteiger partial charge in [-0.25, -0.2) is 0 Å². The van der Waals surface area contributed by atoms with Crippen LogP contribution >= 0.6 is 27.5 Å². The summed E-state index contributed by atoms with van der Waals surface area (Å²) in [5.74, 6) is -0.564. The quantitative estimate of drug-likeness (QED) is 0.748. The highest BCUT2D eigenvalue weighted by molar-refractivity contribution is 9.10. The molecule has 98 valence electrons. The van der Waals surface area contributed by atoms with Crippen LogP contribution in [0.2, 0.25) is 5.02 Å². The molecule has 0 bridgehead atoms. The molecule has 0 aliphatic rings. The smallest absolute Gasteiger partial charge is 0.250 e. The molecule has 1 amide bonds. The number of carbonyl (C=O) groups excluding carboxylic acids is 1. The second-order valence-corrected chi connectivity index (χ2v) is 5.17. The van der Waals surface area contributed by atoms with Crippen LogP contribution in [-0.4, -0.2) is 5.91 Å². The number of hydrogen-bond donors (Lipinski definition) is 3. The molecule has 6 heteroatoms. The molecular weight excluding hydrogens is 330 g/mol. The number of rotatable bonds is 3. The molecule has 0 heterocycles. The van der Waals surface area contributed by atoms with Gasteiger partial charge in [-0.1, -0.05) is 17.7 Å². The SMILES string of the molecule is NC(=O)c1cccc(Nc2cc(Cl)ccc2Br)c1N. The first kappa shape index (κ1) is 13.7. The standard InChI is InChI=1S/C13H11BrClN3O/c14-9-5-4-7(15)6-11(9)18-10-3-1-2-8(12(10)16)13(17)19/h1-6,18H,16H2,(H2,17,19). The number of benzene rings is 2. The van der Waals surface area contributed by atoms with Gasteiger partial charge in [0.1, 0.15) is 0 Å². The Morgan fingerprint density at radius 2 is 1.95 bits per heavy atom. The summed E-state index contributed by atoms with van der Waals surface area (Å²) in [4.78, 5) is 11.2. The zero-order valence-electron chi connectivity index (χ0n) is 9.78. The summed E-state index contributed by atoms with van der Waals surface area (Å²) >= 11 is 9.34. The van der Waals surface area contributed by atoms with Gasteiger partial charge in [-0.2, -0.15) is 0 Å². The molecular formula is C13H11BrClN3O. The van der Waals surface area contributed by atoms with Crippen LogP contribution < -0.4 is 16.8 Å². The van der Waals surface area contributed by atoms with Crippen molar-refractivity contribution in [1.29, 1.82) is 0 Å². The van der Waals surface area contributed by atoms with Crippen LogP contribution in [0.4, 0.5) is 17.1 Å². The van der Waals surface area contributed by atoms with E-state index in [2.05, 4.69) is 21.2 Å². The van der Waals surface area contributed by atoms with Crippen LogP contribution in [0.25, 0.3) is 0 Å². The number of hydrogen-bond acceptors (Lipinski definition) is 3. The lowest BCUT2D eigenvalue weighted by molar-refractivity contribution is 0.100. The van der Waals surface area contributed by atoms with Crippen molar-refractivity contribution in [3.63, 3.8) is 0 Å². The average Bonchev–Trinajstić information content (AvgIpc) is 2.36. The first-order valence-electron chi connectivity index (χ1n) is 5.39. The summed E-state index contributed by atoms with van der Waals surface area (Å²) in [5, 5.41) is 3.71. The Balaban J connectivity index is 2.41. The molecule has 0 saturated carbocycles. The van der Waals surface area contributed by atoms with Crippen molar-refractivity contribution in [2.24, 2.45) is 5.73 Å². The molecule has 0 saturated heterocycles. The fraction of sp³-hybridized carbons (Fsp3) is 0. The van der Waals surface area contributed by atoms with Gasteiger partial charge in [0.05, 0.1) is 22.6 Å². The number of anilines is 3. The maximum Gasteiger partial charge on any atom is 0.250 e. The van der Waals surface area contributed by atoms with E-state index in [1.54, 1.807) is 30.3 Å². The topological polar surface area (TPSA) is 81.1 Å². The number of primary amides is 1. The zero-order valence-corrected chi connectivity index (χ0v) is 12.1. The van der Waals surface area contributed by atoms with E-state index in [4.69, 9.17) is 23.1 Å². The first-order chi connectivity index (χ1) is 8.99. The van der Waals surface area contributed by atoms with Gasteiger partial charge < -0.3 is 16.8 Å². The minimum Gasteiger partial charge on any atom is -0.396 e. The lowest BCUT2D eigenvalue weighted by Gasteiger charge is -2.13.